The van der Waals surface area contributed by atoms with E-state index in [0.29, 0.717) is 17.8 Å². The van der Waals surface area contributed by atoms with Crippen LogP contribution in [-0.4, -0.2) is 22.0 Å². The van der Waals surface area contributed by atoms with Crippen molar-refractivity contribution in [2.24, 2.45) is 0 Å². The number of fused-ring (bicyclic) bond motifs is 1. The zero-order valence-corrected chi connectivity index (χ0v) is 12.2. The van der Waals surface area contributed by atoms with E-state index >= 15 is 0 Å². The molecule has 3 N–H and O–H groups in total. The van der Waals surface area contributed by atoms with Crippen LogP contribution in [0.1, 0.15) is 41.5 Å². The molecule has 5 heteroatoms. The zero-order valence-electron chi connectivity index (χ0n) is 12.2. The van der Waals surface area contributed by atoms with Gasteiger partial charge in [-0.25, -0.2) is 4.98 Å². The van der Waals surface area contributed by atoms with Crippen LogP contribution in [0.15, 0.2) is 24.5 Å². The van der Waals surface area contributed by atoms with Gasteiger partial charge in [0.15, 0.2) is 0 Å². The Morgan fingerprint density at radius 2 is 2.19 bits per heavy atom. The third-order valence-corrected chi connectivity index (χ3v) is 3.92. The van der Waals surface area contributed by atoms with Crippen LogP contribution in [0, 0.1) is 0 Å². The Hall–Kier alpha value is -2.30. The Morgan fingerprint density at radius 3 is 2.95 bits per heavy atom. The number of hydrogen-bond donors (Lipinski definition) is 2. The van der Waals surface area contributed by atoms with E-state index in [4.69, 9.17) is 5.73 Å². The van der Waals surface area contributed by atoms with E-state index in [2.05, 4.69) is 14.9 Å². The lowest BCUT2D eigenvalue weighted by atomic mass is 10.0. The molecule has 1 amide bonds. The number of benzene rings is 1. The van der Waals surface area contributed by atoms with Gasteiger partial charge in [0.25, 0.3) is 5.91 Å². The molecule has 0 bridgehead atoms. The molecule has 0 atom stereocenters. The van der Waals surface area contributed by atoms with Crippen LogP contribution in [0.3, 0.4) is 0 Å². The maximum Gasteiger partial charge on any atom is 0.251 e. The van der Waals surface area contributed by atoms with Gasteiger partial charge in [-0.15, -0.1) is 0 Å². The van der Waals surface area contributed by atoms with E-state index in [1.165, 1.54) is 24.2 Å². The number of nitrogen functional groups attached to an aromatic ring is 1. The Bertz CT molecular complexity index is 675. The fraction of sp³-hybridized carbons (Fsp3) is 0.375. The Kier molecular flexibility index (Phi) is 3.64. The summed E-state index contributed by atoms with van der Waals surface area (Å²) < 4.78 is 2.06. The largest absolute Gasteiger partial charge is 0.397 e. The van der Waals surface area contributed by atoms with Crippen molar-refractivity contribution in [1.29, 1.82) is 0 Å². The number of aromatic nitrogens is 2. The van der Waals surface area contributed by atoms with Gasteiger partial charge < -0.3 is 15.6 Å². The second kappa shape index (κ2) is 5.60. The molecule has 0 unspecified atom stereocenters. The number of nitrogens with zero attached hydrogens (tertiary/aromatic N) is 2. The average molecular weight is 284 g/mol. The van der Waals surface area contributed by atoms with E-state index < -0.39 is 0 Å². The van der Waals surface area contributed by atoms with E-state index in [9.17, 15) is 4.79 Å². The number of carbonyl (C=O) groups is 1. The van der Waals surface area contributed by atoms with Gasteiger partial charge in [-0.3, -0.25) is 4.79 Å². The van der Waals surface area contributed by atoms with Crippen LogP contribution in [0.25, 0.3) is 5.69 Å². The third-order valence-electron chi connectivity index (χ3n) is 3.92. The molecule has 1 aromatic heterocycles. The van der Waals surface area contributed by atoms with E-state index in [-0.39, 0.29) is 5.91 Å². The van der Waals surface area contributed by atoms with Gasteiger partial charge in [-0.1, -0.05) is 0 Å². The molecule has 0 saturated carbocycles. The van der Waals surface area contributed by atoms with E-state index in [1.807, 2.05) is 25.4 Å². The van der Waals surface area contributed by atoms with Gasteiger partial charge in [0.05, 0.1) is 23.4 Å². The molecule has 0 saturated heterocycles. The minimum Gasteiger partial charge on any atom is -0.397 e. The van der Waals surface area contributed by atoms with Crippen molar-refractivity contribution in [3.63, 3.8) is 0 Å². The van der Waals surface area contributed by atoms with Gasteiger partial charge >= 0.3 is 0 Å². The zero-order chi connectivity index (χ0) is 14.8. The number of nitrogens with two attached hydrogens (primary N) is 1. The number of anilines is 1. The van der Waals surface area contributed by atoms with Gasteiger partial charge in [-0.2, -0.15) is 0 Å². The number of imidazole rings is 1. The molecule has 0 fully saturated rings. The molecular weight excluding hydrogens is 264 g/mol. The molecule has 0 aliphatic heterocycles. The first-order chi connectivity index (χ1) is 10.2. The molecule has 0 radical (unpaired) electrons. The molecule has 1 aliphatic carbocycles. The van der Waals surface area contributed by atoms with Gasteiger partial charge in [-0.05, 0) is 50.8 Å². The predicted octanol–water partition coefficient (Wildman–Crippen LogP) is 2.08. The molecule has 5 nitrogen and oxygen atoms in total. The van der Waals surface area contributed by atoms with Crippen molar-refractivity contribution in [2.75, 3.05) is 12.3 Å². The summed E-state index contributed by atoms with van der Waals surface area (Å²) in [5.74, 6) is -0.0941. The molecule has 1 heterocycles. The van der Waals surface area contributed by atoms with E-state index in [1.54, 1.807) is 6.07 Å². The second-order valence-corrected chi connectivity index (χ2v) is 5.35. The second-order valence-electron chi connectivity index (χ2n) is 5.35. The predicted molar refractivity (Wildman–Crippen MR) is 82.6 cm³/mol. The SMILES string of the molecule is CCNC(=O)c1ccc(-n2cnc3c2CCCC3)c(N)c1. The standard InChI is InChI=1S/C16H20N4O/c1-2-18-16(21)11-7-8-14(12(17)9-11)20-10-19-13-5-3-4-6-15(13)20/h7-10H,2-6,17H2,1H3,(H,18,21). The molecule has 1 aliphatic rings. The number of nitrogens with one attached hydrogen (secondary N) is 1. The number of rotatable bonds is 3. The topological polar surface area (TPSA) is 72.9 Å². The van der Waals surface area contributed by atoms with Crippen LogP contribution >= 0.6 is 0 Å². The van der Waals surface area contributed by atoms with Crippen molar-refractivity contribution >= 4 is 11.6 Å². The Morgan fingerprint density at radius 1 is 1.38 bits per heavy atom. The van der Waals surface area contributed by atoms with Crippen LogP contribution in [0.4, 0.5) is 5.69 Å². The summed E-state index contributed by atoms with van der Waals surface area (Å²) in [6.07, 6.45) is 6.31. The maximum absolute atomic E-state index is 11.8. The molecule has 2 aromatic rings. The summed E-state index contributed by atoms with van der Waals surface area (Å²) >= 11 is 0. The average Bonchev–Trinajstić information content (AvgIpc) is 2.91. The molecular formula is C16H20N4O. The number of amides is 1. The lowest BCUT2D eigenvalue weighted by Gasteiger charge is -2.16. The molecule has 3 rings (SSSR count). The maximum atomic E-state index is 11.8. The summed E-state index contributed by atoms with van der Waals surface area (Å²) in [6, 6.07) is 5.44. The van der Waals surface area contributed by atoms with Crippen LogP contribution in [-0.2, 0) is 12.8 Å². The number of aryl methyl sites for hydroxylation is 1. The first-order valence-corrected chi connectivity index (χ1v) is 7.44. The fourth-order valence-corrected chi connectivity index (χ4v) is 2.85. The highest BCUT2D eigenvalue weighted by molar-refractivity contribution is 5.95. The minimum atomic E-state index is -0.0941. The van der Waals surface area contributed by atoms with Crippen LogP contribution in [0.2, 0.25) is 0 Å². The fourth-order valence-electron chi connectivity index (χ4n) is 2.85. The van der Waals surface area contributed by atoms with Crippen LogP contribution < -0.4 is 11.1 Å². The van der Waals surface area contributed by atoms with Gasteiger partial charge in [0.2, 0.25) is 0 Å². The quantitative estimate of drug-likeness (QED) is 0.848. The van der Waals surface area contributed by atoms with E-state index in [0.717, 1.165) is 18.5 Å². The summed E-state index contributed by atoms with van der Waals surface area (Å²) in [4.78, 5) is 16.3. The summed E-state index contributed by atoms with van der Waals surface area (Å²) in [5.41, 5.74) is 10.7. The summed E-state index contributed by atoms with van der Waals surface area (Å²) in [5, 5.41) is 2.78. The number of carbonyl (C=O) groups excluding carboxylic acids is 1. The molecule has 1 aromatic carbocycles. The number of hydrogen-bond acceptors (Lipinski definition) is 3. The van der Waals surface area contributed by atoms with Crippen molar-refractivity contribution in [1.82, 2.24) is 14.9 Å². The monoisotopic (exact) mass is 284 g/mol. The van der Waals surface area contributed by atoms with Crippen LogP contribution in [0.5, 0.6) is 0 Å². The highest BCUT2D eigenvalue weighted by Gasteiger charge is 2.17. The van der Waals surface area contributed by atoms with Crippen molar-refractivity contribution in [3.8, 4) is 5.69 Å². The van der Waals surface area contributed by atoms with Gasteiger partial charge in [0.1, 0.15) is 0 Å². The summed E-state index contributed by atoms with van der Waals surface area (Å²) in [6.45, 7) is 2.50. The van der Waals surface area contributed by atoms with Crippen molar-refractivity contribution < 1.29 is 4.79 Å². The molecule has 0 spiro atoms. The first kappa shape index (κ1) is 13.7. The van der Waals surface area contributed by atoms with Crippen molar-refractivity contribution in [3.05, 3.63) is 41.5 Å². The van der Waals surface area contributed by atoms with Gasteiger partial charge in [0, 0.05) is 17.8 Å². The Labute approximate surface area is 124 Å². The smallest absolute Gasteiger partial charge is 0.251 e. The lowest BCUT2D eigenvalue weighted by molar-refractivity contribution is 0.0956. The highest BCUT2D eigenvalue weighted by atomic mass is 16.1. The molecule has 21 heavy (non-hydrogen) atoms. The minimum absolute atomic E-state index is 0.0941. The third kappa shape index (κ3) is 2.51. The molecule has 110 valence electrons. The highest BCUT2D eigenvalue weighted by Crippen LogP contribution is 2.26. The summed E-state index contributed by atoms with van der Waals surface area (Å²) in [7, 11) is 0. The first-order valence-electron chi connectivity index (χ1n) is 7.44. The van der Waals surface area contributed by atoms with Crippen molar-refractivity contribution in [2.45, 2.75) is 32.6 Å². The normalized spacial score (nSPS) is 13.8. The Balaban J connectivity index is 1.96. The lowest BCUT2D eigenvalue weighted by Crippen LogP contribution is -2.22.